The number of aromatic amines is 1. The molecule has 4 atom stereocenters. The number of β-amino-alcohol motifs (C(OH)–C–C–N with tert-alkyl or cyclic N) is 1. The SMILES string of the molecule is COc1cc2ncnc(Nc3ccc(F)c(Cl)c3)c2cc1OCC(=O)NC(Cc1ccc(OCc2cn(CCCC(=O)N[C@H](C(=O)N3C[C@H](O)C[C@H]3C(=O)NCc3ccc(-c4scnc4C)cc3)C(C)(C)C)nn2)cc1)C(=O)N1CCN(C(=O)c2cc(Cc3n[nH]c(=O)c4ccccc34)ccc2F)CC1. The van der Waals surface area contributed by atoms with Crippen molar-refractivity contribution in [2.75, 3.05) is 51.8 Å². The van der Waals surface area contributed by atoms with E-state index in [1.807, 2.05) is 52.0 Å². The molecule has 0 radical (unpaired) electrons. The minimum atomic E-state index is -1.16. The molecule has 0 bridgehead atoms. The number of aliphatic hydroxyl groups is 1. The number of rotatable bonds is 26. The smallest absolute Gasteiger partial charge is 0.272 e. The molecule has 1 unspecified atom stereocenters. The maximum absolute atomic E-state index is 15.6. The topological polar surface area (TPSA) is 323 Å². The van der Waals surface area contributed by atoms with E-state index in [0.29, 0.717) is 74.4 Å². The van der Waals surface area contributed by atoms with Gasteiger partial charge in [0.2, 0.25) is 23.6 Å². The number of methoxy groups -OCH3 is 1. The van der Waals surface area contributed by atoms with E-state index in [-0.39, 0.29) is 105 Å². The van der Waals surface area contributed by atoms with E-state index in [1.54, 1.807) is 94.5 Å². The van der Waals surface area contributed by atoms with E-state index in [2.05, 4.69) is 56.7 Å². The number of amides is 6. The van der Waals surface area contributed by atoms with Gasteiger partial charge in [0, 0.05) is 94.0 Å². The molecule has 2 aliphatic rings. The standard InChI is InChI=1S/C75H76ClF2N15O11S/c1-43-67(105-42-82-43)47-17-12-45(13-18-47)36-79-71(98)62-33-50(94)38-93(62)74(101)68(75(2,3)4)85-65(95)11-8-24-92-37-49(86-89-92)39-103-51-20-14-44(15-21-51)30-61(84-66(96)40-104-64-34-55-59(35-63(64)102-5)80-41-81-69(55)83-48-19-23-58(78)56(76)32-48)73(100)91-27-25-90(26-28-91)72(99)54-29-46(16-22-57(54)77)31-60-52-9-6-7-10-53(52)70(97)88-87-60/h6-7,9-10,12-23,29,32,34-35,37,41-42,50,61-62,68,94H,8,11,24-28,30-31,33,36,38-40H2,1-5H3,(H,79,98)(H,84,96)(H,85,95)(H,88,97)(H,80,81,83)/t50-,61?,62+,68-/m1/s1. The van der Waals surface area contributed by atoms with E-state index in [9.17, 15) is 43.1 Å². The second-order valence-corrected chi connectivity index (χ2v) is 28.0. The van der Waals surface area contributed by atoms with Gasteiger partial charge in [0.1, 0.15) is 60.0 Å². The summed E-state index contributed by atoms with van der Waals surface area (Å²) in [5.74, 6) is -3.14. The lowest BCUT2D eigenvalue weighted by atomic mass is 9.85. The van der Waals surface area contributed by atoms with Gasteiger partial charge in [-0.1, -0.05) is 98.2 Å². The molecule has 6 aromatic carbocycles. The van der Waals surface area contributed by atoms with E-state index in [4.69, 9.17) is 25.8 Å². The molecule has 0 spiro atoms. The van der Waals surface area contributed by atoms with Gasteiger partial charge in [-0.15, -0.1) is 16.4 Å². The fraction of sp³-hybridized carbons (Fsp3) is 0.320. The number of fused-ring (bicyclic) bond motifs is 2. The van der Waals surface area contributed by atoms with Crippen LogP contribution in [0.25, 0.3) is 32.1 Å². The van der Waals surface area contributed by atoms with Crippen LogP contribution >= 0.6 is 22.9 Å². The minimum absolute atomic E-state index is 0.00794. The highest BCUT2D eigenvalue weighted by Crippen LogP contribution is 2.36. The summed E-state index contributed by atoms with van der Waals surface area (Å²) in [5.41, 5.74) is 6.50. The molecule has 6 heterocycles. The Kier molecular flexibility index (Phi) is 22.8. The molecule has 6 amide bonds. The lowest BCUT2D eigenvalue weighted by Gasteiger charge is -2.36. The quantitative estimate of drug-likeness (QED) is 0.0296. The predicted molar refractivity (Wildman–Crippen MR) is 388 cm³/mol. The van der Waals surface area contributed by atoms with Crippen LogP contribution < -0.4 is 41.0 Å². The van der Waals surface area contributed by atoms with E-state index in [1.165, 1.54) is 58.5 Å². The average molecular weight is 1470 g/mol. The van der Waals surface area contributed by atoms with Crippen LogP contribution in [-0.2, 0) is 56.5 Å². The number of aryl methyl sites for hydroxylation is 2. The van der Waals surface area contributed by atoms with Crippen molar-refractivity contribution in [2.24, 2.45) is 5.41 Å². The van der Waals surface area contributed by atoms with Crippen molar-refractivity contribution in [1.82, 2.24) is 70.8 Å². The van der Waals surface area contributed by atoms with Crippen molar-refractivity contribution >= 4 is 91.6 Å². The Balaban J connectivity index is 0.658. The number of ether oxygens (including phenoxy) is 3. The number of piperazine rings is 1. The lowest BCUT2D eigenvalue weighted by Crippen LogP contribution is -2.57. The molecule has 0 aliphatic carbocycles. The number of thiazole rings is 1. The van der Waals surface area contributed by atoms with Crippen molar-refractivity contribution in [3.63, 3.8) is 0 Å². The Morgan fingerprint density at radius 1 is 0.790 bits per heavy atom. The summed E-state index contributed by atoms with van der Waals surface area (Å²) < 4.78 is 49.0. The summed E-state index contributed by atoms with van der Waals surface area (Å²) in [6.07, 6.45) is 2.74. The number of halogens is 3. The number of likely N-dealkylation sites (tertiary alicyclic amines) is 1. The molecular formula is C75H76ClF2N15O11S. The third-order valence-corrected chi connectivity index (χ3v) is 19.5. The van der Waals surface area contributed by atoms with Gasteiger partial charge in [0.25, 0.3) is 17.4 Å². The van der Waals surface area contributed by atoms with Gasteiger partial charge < -0.3 is 55.3 Å². The fourth-order valence-electron chi connectivity index (χ4n) is 12.6. The highest BCUT2D eigenvalue weighted by Gasteiger charge is 2.45. The monoisotopic (exact) mass is 1470 g/mol. The number of aromatic nitrogens is 8. The van der Waals surface area contributed by atoms with Gasteiger partial charge in [-0.3, -0.25) is 38.2 Å². The van der Waals surface area contributed by atoms with E-state index >= 15 is 4.39 Å². The van der Waals surface area contributed by atoms with E-state index in [0.717, 1.165) is 21.7 Å². The molecule has 10 aromatic rings. The number of carbonyl (C=O) groups excluding carboxylic acids is 6. The Morgan fingerprint density at radius 2 is 1.52 bits per heavy atom. The van der Waals surface area contributed by atoms with Gasteiger partial charge in [-0.2, -0.15) is 5.10 Å². The Morgan fingerprint density at radius 3 is 2.26 bits per heavy atom. The first-order valence-corrected chi connectivity index (χ1v) is 35.2. The van der Waals surface area contributed by atoms with E-state index < -0.39 is 77.4 Å². The van der Waals surface area contributed by atoms with Gasteiger partial charge in [0.15, 0.2) is 18.1 Å². The molecule has 544 valence electrons. The van der Waals surface area contributed by atoms with Crippen molar-refractivity contribution in [3.05, 3.63) is 206 Å². The molecule has 2 aliphatic heterocycles. The number of nitrogens with zero attached hydrogens (tertiary/aromatic N) is 10. The molecule has 6 N–H and O–H groups in total. The number of hydrogen-bond acceptors (Lipinski definition) is 19. The maximum Gasteiger partial charge on any atom is 0.272 e. The summed E-state index contributed by atoms with van der Waals surface area (Å²) >= 11 is 7.61. The molecule has 12 rings (SSSR count). The molecule has 4 aromatic heterocycles. The highest BCUT2D eigenvalue weighted by molar-refractivity contribution is 7.13. The zero-order chi connectivity index (χ0) is 74.1. The van der Waals surface area contributed by atoms with Gasteiger partial charge in [-0.05, 0) is 95.6 Å². The summed E-state index contributed by atoms with van der Waals surface area (Å²) in [7, 11) is 1.42. The highest BCUT2D eigenvalue weighted by atomic mass is 35.5. The lowest BCUT2D eigenvalue weighted by molar-refractivity contribution is -0.144. The second kappa shape index (κ2) is 32.6. The van der Waals surface area contributed by atoms with Gasteiger partial charge in [0.05, 0.1) is 62.7 Å². The van der Waals surface area contributed by atoms with Gasteiger partial charge >= 0.3 is 0 Å². The molecule has 2 fully saturated rings. The summed E-state index contributed by atoms with van der Waals surface area (Å²) in [5, 5.41) is 39.2. The number of carbonyl (C=O) groups is 6. The molecular weight excluding hydrogens is 1390 g/mol. The van der Waals surface area contributed by atoms with Crippen molar-refractivity contribution < 1.29 is 56.9 Å². The normalized spacial score (nSPS) is 15.1. The third kappa shape index (κ3) is 17.8. The molecule has 30 heteroatoms. The summed E-state index contributed by atoms with van der Waals surface area (Å²) in [6.45, 7) is 7.52. The van der Waals surface area contributed by atoms with Crippen LogP contribution in [0.5, 0.6) is 17.2 Å². The van der Waals surface area contributed by atoms with Crippen LogP contribution in [-0.4, -0.2) is 166 Å². The number of H-pyrrole nitrogens is 1. The number of nitrogens with one attached hydrogen (secondary N) is 5. The molecule has 26 nitrogen and oxygen atoms in total. The number of anilines is 2. The number of aliphatic hydroxyl groups excluding tert-OH is 1. The van der Waals surface area contributed by atoms with Crippen molar-refractivity contribution in [1.29, 1.82) is 0 Å². The van der Waals surface area contributed by atoms with Crippen molar-refractivity contribution in [2.45, 2.75) is 104 Å². The number of hydrogen-bond donors (Lipinski definition) is 6. The van der Waals surface area contributed by atoms with Crippen LogP contribution in [0.2, 0.25) is 5.02 Å². The first-order valence-electron chi connectivity index (χ1n) is 34.0. The minimum Gasteiger partial charge on any atom is -0.493 e. The third-order valence-electron chi connectivity index (χ3n) is 18.2. The van der Waals surface area contributed by atoms with Crippen molar-refractivity contribution in [3.8, 4) is 27.7 Å². The second-order valence-electron chi connectivity index (χ2n) is 26.7. The molecule has 2 saturated heterocycles. The maximum atomic E-state index is 15.6. The number of benzene rings is 6. The first-order chi connectivity index (χ1) is 50.5. The largest absolute Gasteiger partial charge is 0.493 e. The van der Waals surface area contributed by atoms with Gasteiger partial charge in [-0.25, -0.2) is 28.8 Å². The van der Waals surface area contributed by atoms with Crippen LogP contribution in [0.1, 0.15) is 84.2 Å². The Hall–Kier alpha value is -11.3. The predicted octanol–water partition coefficient (Wildman–Crippen LogP) is 8.42. The summed E-state index contributed by atoms with van der Waals surface area (Å²) in [6, 6.07) is 30.1. The fourth-order valence-corrected chi connectivity index (χ4v) is 13.6. The average Bonchev–Trinajstić information content (AvgIpc) is 1.74. The molecule has 0 saturated carbocycles. The first kappa shape index (κ1) is 73.5. The Labute approximate surface area is 610 Å². The zero-order valence-electron chi connectivity index (χ0n) is 58.0. The molecule has 105 heavy (non-hydrogen) atoms. The summed E-state index contributed by atoms with van der Waals surface area (Å²) in [4.78, 5) is 115. The van der Waals surface area contributed by atoms with Crippen LogP contribution in [0, 0.1) is 24.0 Å². The van der Waals surface area contributed by atoms with Crippen LogP contribution in [0.15, 0.2) is 144 Å². The van der Waals surface area contributed by atoms with Crippen LogP contribution in [0.4, 0.5) is 20.3 Å². The Bertz CT molecular complexity index is 4930. The van der Waals surface area contributed by atoms with Crippen LogP contribution in [0.3, 0.4) is 0 Å². The zero-order valence-corrected chi connectivity index (χ0v) is 59.6.